The summed E-state index contributed by atoms with van der Waals surface area (Å²) in [6.07, 6.45) is 8.01. The van der Waals surface area contributed by atoms with Crippen molar-refractivity contribution in [1.29, 1.82) is 0 Å². The van der Waals surface area contributed by atoms with Gasteiger partial charge in [-0.25, -0.2) is 24.7 Å². The number of nitrogens with one attached hydrogen (secondary N) is 2. The van der Waals surface area contributed by atoms with Crippen LogP contribution >= 0.6 is 22.9 Å². The van der Waals surface area contributed by atoms with Crippen LogP contribution in [0, 0.1) is 6.92 Å². The van der Waals surface area contributed by atoms with Gasteiger partial charge in [-0.05, 0) is 31.7 Å². The highest BCUT2D eigenvalue weighted by Crippen LogP contribution is 2.46. The van der Waals surface area contributed by atoms with Crippen LogP contribution in [0.2, 0.25) is 5.02 Å². The SMILES string of the molecule is Cc1nc2c(C3CC3)c(NC(=O)Nc3cnc(N=CC=NN)c(Cl)c3)cnc2s1. The Kier molecular flexibility index (Phi) is 5.36. The minimum atomic E-state index is -0.413. The maximum atomic E-state index is 12.5. The molecule has 4 N–H and O–H groups in total. The number of aryl methyl sites for hydroxylation is 1. The van der Waals surface area contributed by atoms with Crippen LogP contribution in [0.15, 0.2) is 28.6 Å². The summed E-state index contributed by atoms with van der Waals surface area (Å²) in [6, 6.07) is 1.15. The summed E-state index contributed by atoms with van der Waals surface area (Å²) in [7, 11) is 0. The van der Waals surface area contributed by atoms with Gasteiger partial charge in [-0.15, -0.1) is 0 Å². The minimum Gasteiger partial charge on any atom is -0.323 e. The first-order valence-electron chi connectivity index (χ1n) is 8.80. The molecular formula is C18H17ClN8OS. The Morgan fingerprint density at radius 1 is 1.31 bits per heavy atom. The van der Waals surface area contributed by atoms with Crippen molar-refractivity contribution < 1.29 is 4.79 Å². The van der Waals surface area contributed by atoms with Crippen LogP contribution in [0.5, 0.6) is 0 Å². The molecule has 9 nitrogen and oxygen atoms in total. The number of anilines is 2. The molecule has 1 aliphatic carbocycles. The first kappa shape index (κ1) is 19.2. The van der Waals surface area contributed by atoms with Crippen molar-refractivity contribution in [2.75, 3.05) is 10.6 Å². The topological polar surface area (TPSA) is 131 Å². The van der Waals surface area contributed by atoms with E-state index in [1.807, 2.05) is 6.92 Å². The average molecular weight is 429 g/mol. The summed E-state index contributed by atoms with van der Waals surface area (Å²) in [4.78, 5) is 30.6. The number of amides is 2. The summed E-state index contributed by atoms with van der Waals surface area (Å²) < 4.78 is 0. The molecule has 4 rings (SSSR count). The molecule has 1 fully saturated rings. The van der Waals surface area contributed by atoms with E-state index in [9.17, 15) is 4.79 Å². The molecule has 11 heteroatoms. The lowest BCUT2D eigenvalue weighted by atomic mass is 10.1. The first-order valence-corrected chi connectivity index (χ1v) is 10.00. The van der Waals surface area contributed by atoms with Gasteiger partial charge in [0.2, 0.25) is 0 Å². The summed E-state index contributed by atoms with van der Waals surface area (Å²) in [5.74, 6) is 5.70. The van der Waals surface area contributed by atoms with Crippen LogP contribution < -0.4 is 16.5 Å². The van der Waals surface area contributed by atoms with Gasteiger partial charge in [-0.3, -0.25) is 0 Å². The molecule has 2 amide bonds. The van der Waals surface area contributed by atoms with Crippen molar-refractivity contribution in [3.8, 4) is 0 Å². The van der Waals surface area contributed by atoms with Crippen molar-refractivity contribution in [1.82, 2.24) is 15.0 Å². The van der Waals surface area contributed by atoms with Gasteiger partial charge in [0.15, 0.2) is 5.82 Å². The maximum absolute atomic E-state index is 12.5. The van der Waals surface area contributed by atoms with Gasteiger partial charge in [0, 0.05) is 11.8 Å². The van der Waals surface area contributed by atoms with Crippen LogP contribution in [0.25, 0.3) is 10.3 Å². The second-order valence-corrected chi connectivity index (χ2v) is 8.02. The van der Waals surface area contributed by atoms with Crippen molar-refractivity contribution >= 4 is 68.9 Å². The monoisotopic (exact) mass is 428 g/mol. The third-order valence-corrected chi connectivity index (χ3v) is 5.39. The fourth-order valence-corrected chi connectivity index (χ4v) is 3.90. The number of fused-ring (bicyclic) bond motifs is 1. The second kappa shape index (κ2) is 8.10. The Bertz CT molecular complexity index is 1140. The molecule has 0 unspecified atom stereocenters. The summed E-state index contributed by atoms with van der Waals surface area (Å²) >= 11 is 7.71. The average Bonchev–Trinajstić information content (AvgIpc) is 3.44. The zero-order valence-corrected chi connectivity index (χ0v) is 17.0. The molecule has 3 aromatic heterocycles. The lowest BCUT2D eigenvalue weighted by molar-refractivity contribution is 0.262. The number of nitrogens with two attached hydrogens (primary N) is 1. The number of urea groups is 1. The number of pyridine rings is 2. The Hall–Kier alpha value is -3.11. The number of thiazole rings is 1. The molecule has 3 aromatic rings. The highest BCUT2D eigenvalue weighted by molar-refractivity contribution is 7.18. The van der Waals surface area contributed by atoms with Crippen LogP contribution in [-0.4, -0.2) is 33.4 Å². The Morgan fingerprint density at radius 2 is 2.14 bits per heavy atom. The van der Waals surface area contributed by atoms with Crippen molar-refractivity contribution in [2.45, 2.75) is 25.7 Å². The van der Waals surface area contributed by atoms with Crippen molar-refractivity contribution in [3.05, 3.63) is 34.1 Å². The number of carbonyl (C=O) groups excluding carboxylic acids is 1. The number of halogens is 1. The van der Waals surface area contributed by atoms with Crippen LogP contribution in [-0.2, 0) is 0 Å². The summed E-state index contributed by atoms with van der Waals surface area (Å²) in [5.41, 5.74) is 3.03. The third-order valence-electron chi connectivity index (χ3n) is 4.24. The molecule has 0 spiro atoms. The number of aromatic nitrogens is 3. The molecule has 0 aliphatic heterocycles. The van der Waals surface area contributed by atoms with Gasteiger partial charge < -0.3 is 16.5 Å². The molecule has 3 heterocycles. The Labute approximate surface area is 175 Å². The Morgan fingerprint density at radius 3 is 2.86 bits per heavy atom. The fraction of sp³-hybridized carbons (Fsp3) is 0.222. The number of nitrogens with zero attached hydrogens (tertiary/aromatic N) is 5. The number of aliphatic imine (C=N–C) groups is 1. The molecule has 148 valence electrons. The molecule has 29 heavy (non-hydrogen) atoms. The van der Waals surface area contributed by atoms with Gasteiger partial charge in [0.05, 0.1) is 40.0 Å². The van der Waals surface area contributed by atoms with Gasteiger partial charge in [-0.1, -0.05) is 22.9 Å². The van der Waals surface area contributed by atoms with Crippen LogP contribution in [0.1, 0.15) is 29.3 Å². The highest BCUT2D eigenvalue weighted by Gasteiger charge is 2.30. The van der Waals surface area contributed by atoms with E-state index in [1.54, 1.807) is 23.6 Å². The number of hydrogen-bond acceptors (Lipinski definition) is 8. The molecule has 1 saturated carbocycles. The molecule has 0 aromatic carbocycles. The summed E-state index contributed by atoms with van der Waals surface area (Å²) in [6.45, 7) is 1.95. The number of carbonyl (C=O) groups is 1. The zero-order valence-electron chi connectivity index (χ0n) is 15.4. The predicted octanol–water partition coefficient (Wildman–Crippen LogP) is 4.22. The first-order chi connectivity index (χ1) is 14.0. The number of hydrazone groups is 1. The van der Waals surface area contributed by atoms with E-state index in [0.717, 1.165) is 33.8 Å². The van der Waals surface area contributed by atoms with Gasteiger partial charge >= 0.3 is 6.03 Å². The van der Waals surface area contributed by atoms with Crippen LogP contribution in [0.4, 0.5) is 22.0 Å². The smallest absolute Gasteiger partial charge is 0.323 e. The van der Waals surface area contributed by atoms with E-state index < -0.39 is 6.03 Å². The minimum absolute atomic E-state index is 0.282. The van der Waals surface area contributed by atoms with Gasteiger partial charge in [-0.2, -0.15) is 5.10 Å². The lowest BCUT2D eigenvalue weighted by Gasteiger charge is -2.12. The van der Waals surface area contributed by atoms with E-state index in [0.29, 0.717) is 23.1 Å². The number of rotatable bonds is 5. The van der Waals surface area contributed by atoms with E-state index >= 15 is 0 Å². The Balaban J connectivity index is 1.52. The number of hydrogen-bond donors (Lipinski definition) is 3. The fourth-order valence-electron chi connectivity index (χ4n) is 2.91. The largest absolute Gasteiger partial charge is 0.323 e. The molecule has 1 aliphatic rings. The molecule has 0 bridgehead atoms. The van der Waals surface area contributed by atoms with Crippen molar-refractivity contribution in [2.24, 2.45) is 15.9 Å². The van der Waals surface area contributed by atoms with Crippen molar-refractivity contribution in [3.63, 3.8) is 0 Å². The lowest BCUT2D eigenvalue weighted by Crippen LogP contribution is -2.20. The third kappa shape index (κ3) is 4.33. The van der Waals surface area contributed by atoms with Gasteiger partial charge in [0.1, 0.15) is 10.3 Å². The normalized spacial score (nSPS) is 14.1. The quantitative estimate of drug-likeness (QED) is 0.318. The highest BCUT2D eigenvalue weighted by atomic mass is 35.5. The molecule has 0 radical (unpaired) electrons. The van der Waals surface area contributed by atoms with E-state index in [-0.39, 0.29) is 5.02 Å². The zero-order chi connectivity index (χ0) is 20.4. The van der Waals surface area contributed by atoms with E-state index in [1.165, 1.54) is 18.6 Å². The standard InChI is InChI=1S/C18H17ClN8OS/c1-9-25-15-14(10-2-3-10)13(8-23-17(15)29-9)27-18(28)26-11-6-12(19)16(22-7-11)21-4-5-24-20/h4-8,10H,2-3,20H2,1H3,(H2,26,27,28). The maximum Gasteiger partial charge on any atom is 0.323 e. The van der Waals surface area contributed by atoms with Crippen LogP contribution in [0.3, 0.4) is 0 Å². The molecule has 0 saturated heterocycles. The second-order valence-electron chi connectivity index (χ2n) is 6.43. The molecular weight excluding hydrogens is 412 g/mol. The van der Waals surface area contributed by atoms with E-state index in [2.05, 4.69) is 35.7 Å². The summed E-state index contributed by atoms with van der Waals surface area (Å²) in [5, 5.41) is 10.1. The molecule has 0 atom stereocenters. The van der Waals surface area contributed by atoms with Gasteiger partial charge in [0.25, 0.3) is 0 Å². The van der Waals surface area contributed by atoms with E-state index in [4.69, 9.17) is 17.4 Å². The predicted molar refractivity (Wildman–Crippen MR) is 117 cm³/mol.